The minimum atomic E-state index is -0.640. The SMILES string of the molecule is Cl.N[C@H](c1cccs1)c1ccc(F)cc1[N+](=O)[O-]. The van der Waals surface area contributed by atoms with Gasteiger partial charge in [0.1, 0.15) is 5.82 Å². The Labute approximate surface area is 113 Å². The Hall–Kier alpha value is -1.50. The molecule has 0 amide bonds. The zero-order valence-corrected chi connectivity index (χ0v) is 10.7. The molecule has 0 aliphatic carbocycles. The first-order chi connectivity index (χ1) is 8.09. The summed E-state index contributed by atoms with van der Waals surface area (Å²) in [4.78, 5) is 11.0. The van der Waals surface area contributed by atoms with E-state index in [1.54, 1.807) is 6.07 Å². The van der Waals surface area contributed by atoms with Crippen molar-refractivity contribution in [1.29, 1.82) is 0 Å². The van der Waals surface area contributed by atoms with Crippen LogP contribution in [0.2, 0.25) is 0 Å². The number of nitro groups is 1. The number of nitrogens with zero attached hydrogens (tertiary/aromatic N) is 1. The van der Waals surface area contributed by atoms with Crippen LogP contribution in [-0.4, -0.2) is 4.92 Å². The summed E-state index contributed by atoms with van der Waals surface area (Å²) in [7, 11) is 0. The van der Waals surface area contributed by atoms with Crippen molar-refractivity contribution in [3.05, 3.63) is 62.1 Å². The molecule has 4 nitrogen and oxygen atoms in total. The van der Waals surface area contributed by atoms with Crippen LogP contribution in [0.1, 0.15) is 16.5 Å². The number of hydrogen-bond acceptors (Lipinski definition) is 4. The molecule has 2 aromatic rings. The second kappa shape index (κ2) is 5.90. The van der Waals surface area contributed by atoms with Crippen LogP contribution in [-0.2, 0) is 0 Å². The predicted molar refractivity (Wildman–Crippen MR) is 70.7 cm³/mol. The minimum Gasteiger partial charge on any atom is -0.319 e. The summed E-state index contributed by atoms with van der Waals surface area (Å²) < 4.78 is 13.0. The molecule has 0 fully saturated rings. The Morgan fingerprint density at radius 1 is 1.39 bits per heavy atom. The number of halogens is 2. The summed E-state index contributed by atoms with van der Waals surface area (Å²) in [5, 5.41) is 12.7. The fourth-order valence-corrected chi connectivity index (χ4v) is 2.30. The van der Waals surface area contributed by atoms with Gasteiger partial charge in [0.15, 0.2) is 0 Å². The van der Waals surface area contributed by atoms with Crippen molar-refractivity contribution in [2.45, 2.75) is 6.04 Å². The molecular weight excluding hydrogens is 279 g/mol. The quantitative estimate of drug-likeness (QED) is 0.696. The van der Waals surface area contributed by atoms with Crippen molar-refractivity contribution < 1.29 is 9.31 Å². The molecule has 2 rings (SSSR count). The number of rotatable bonds is 3. The van der Waals surface area contributed by atoms with Gasteiger partial charge in [0.2, 0.25) is 0 Å². The molecular formula is C11H10ClFN2O2S. The molecule has 0 unspecified atom stereocenters. The lowest BCUT2D eigenvalue weighted by Gasteiger charge is -2.10. The van der Waals surface area contributed by atoms with Gasteiger partial charge in [0, 0.05) is 4.88 Å². The Morgan fingerprint density at radius 3 is 2.67 bits per heavy atom. The van der Waals surface area contributed by atoms with Gasteiger partial charge in [-0.2, -0.15) is 0 Å². The van der Waals surface area contributed by atoms with Gasteiger partial charge >= 0.3 is 0 Å². The van der Waals surface area contributed by atoms with Crippen molar-refractivity contribution in [1.82, 2.24) is 0 Å². The maximum Gasteiger partial charge on any atom is 0.277 e. The minimum absolute atomic E-state index is 0. The van der Waals surface area contributed by atoms with Crippen LogP contribution in [0.3, 0.4) is 0 Å². The van der Waals surface area contributed by atoms with Gasteiger partial charge < -0.3 is 5.73 Å². The fourth-order valence-electron chi connectivity index (χ4n) is 1.56. The van der Waals surface area contributed by atoms with Gasteiger partial charge in [-0.1, -0.05) is 6.07 Å². The van der Waals surface area contributed by atoms with Crippen LogP contribution in [0, 0.1) is 15.9 Å². The molecule has 0 saturated carbocycles. The highest BCUT2D eigenvalue weighted by Gasteiger charge is 2.21. The van der Waals surface area contributed by atoms with Crippen molar-refractivity contribution in [3.63, 3.8) is 0 Å². The van der Waals surface area contributed by atoms with E-state index >= 15 is 0 Å². The van der Waals surface area contributed by atoms with Gasteiger partial charge in [0.05, 0.1) is 22.6 Å². The zero-order valence-electron chi connectivity index (χ0n) is 9.08. The highest BCUT2D eigenvalue weighted by molar-refractivity contribution is 7.10. The second-order valence-corrected chi connectivity index (χ2v) is 4.43. The highest BCUT2D eigenvalue weighted by atomic mass is 35.5. The van der Waals surface area contributed by atoms with Crippen molar-refractivity contribution in [2.24, 2.45) is 5.73 Å². The van der Waals surface area contributed by atoms with E-state index in [1.165, 1.54) is 23.5 Å². The van der Waals surface area contributed by atoms with E-state index in [4.69, 9.17) is 5.73 Å². The number of nitrogens with two attached hydrogens (primary N) is 1. The van der Waals surface area contributed by atoms with Gasteiger partial charge in [0.25, 0.3) is 5.69 Å². The number of thiophene rings is 1. The Kier molecular flexibility index (Phi) is 4.77. The molecule has 0 radical (unpaired) electrons. The molecule has 18 heavy (non-hydrogen) atoms. The molecule has 96 valence electrons. The average Bonchev–Trinajstić information content (AvgIpc) is 2.81. The zero-order chi connectivity index (χ0) is 12.4. The standard InChI is InChI=1S/C11H9FN2O2S.ClH/c12-7-3-4-8(9(6-7)14(15)16)11(13)10-2-1-5-17-10;/h1-6,11H,13H2;1H/t11-;/m0./s1. The van der Waals surface area contributed by atoms with Crippen LogP contribution in [0.4, 0.5) is 10.1 Å². The van der Waals surface area contributed by atoms with Gasteiger partial charge in [-0.05, 0) is 23.6 Å². The number of hydrogen-bond donors (Lipinski definition) is 1. The molecule has 0 aliphatic heterocycles. The molecule has 1 atom stereocenters. The van der Waals surface area contributed by atoms with E-state index in [1.807, 2.05) is 11.4 Å². The summed E-state index contributed by atoms with van der Waals surface area (Å²) in [6, 6.07) is 6.43. The molecule has 1 aromatic carbocycles. The van der Waals surface area contributed by atoms with E-state index in [0.29, 0.717) is 5.56 Å². The average molecular weight is 289 g/mol. The van der Waals surface area contributed by atoms with Crippen molar-refractivity contribution in [3.8, 4) is 0 Å². The molecule has 1 aromatic heterocycles. The Balaban J connectivity index is 0.00000162. The lowest BCUT2D eigenvalue weighted by Crippen LogP contribution is -2.12. The summed E-state index contributed by atoms with van der Waals surface area (Å²) >= 11 is 1.41. The summed E-state index contributed by atoms with van der Waals surface area (Å²) in [6.45, 7) is 0. The number of nitro benzene ring substituents is 1. The van der Waals surface area contributed by atoms with Gasteiger partial charge in [-0.15, -0.1) is 23.7 Å². The normalized spacial score (nSPS) is 11.7. The number of benzene rings is 1. The fraction of sp³-hybridized carbons (Fsp3) is 0.0909. The lowest BCUT2D eigenvalue weighted by molar-refractivity contribution is -0.385. The third kappa shape index (κ3) is 2.84. The second-order valence-electron chi connectivity index (χ2n) is 3.45. The predicted octanol–water partition coefficient (Wildman–Crippen LogP) is 3.27. The molecule has 2 N–H and O–H groups in total. The van der Waals surface area contributed by atoms with Crippen LogP contribution in [0.25, 0.3) is 0 Å². The van der Waals surface area contributed by atoms with Crippen molar-refractivity contribution in [2.75, 3.05) is 0 Å². The maximum absolute atomic E-state index is 13.0. The molecule has 0 saturated heterocycles. The van der Waals surface area contributed by atoms with Crippen LogP contribution >= 0.6 is 23.7 Å². The van der Waals surface area contributed by atoms with E-state index in [0.717, 1.165) is 10.9 Å². The van der Waals surface area contributed by atoms with Crippen molar-refractivity contribution >= 4 is 29.4 Å². The van der Waals surface area contributed by atoms with Crippen LogP contribution < -0.4 is 5.73 Å². The van der Waals surface area contributed by atoms with E-state index in [2.05, 4.69) is 0 Å². The molecule has 1 heterocycles. The first kappa shape index (κ1) is 14.6. The Morgan fingerprint density at radius 2 is 2.11 bits per heavy atom. The van der Waals surface area contributed by atoms with E-state index in [9.17, 15) is 14.5 Å². The summed E-state index contributed by atoms with van der Waals surface area (Å²) in [5.41, 5.74) is 5.97. The Bertz CT molecular complexity index is 548. The lowest BCUT2D eigenvalue weighted by atomic mass is 10.0. The first-order valence-electron chi connectivity index (χ1n) is 4.82. The third-order valence-electron chi connectivity index (χ3n) is 2.37. The monoisotopic (exact) mass is 288 g/mol. The molecule has 7 heteroatoms. The largest absolute Gasteiger partial charge is 0.319 e. The smallest absolute Gasteiger partial charge is 0.277 e. The van der Waals surface area contributed by atoms with Crippen LogP contribution in [0.5, 0.6) is 0 Å². The summed E-state index contributed by atoms with van der Waals surface area (Å²) in [6.07, 6.45) is 0. The molecule has 0 bridgehead atoms. The maximum atomic E-state index is 13.0. The topological polar surface area (TPSA) is 69.2 Å². The van der Waals surface area contributed by atoms with E-state index < -0.39 is 16.8 Å². The van der Waals surface area contributed by atoms with Gasteiger partial charge in [-0.3, -0.25) is 10.1 Å². The highest BCUT2D eigenvalue weighted by Crippen LogP contribution is 2.30. The molecule has 0 aliphatic rings. The van der Waals surface area contributed by atoms with Gasteiger partial charge in [-0.25, -0.2) is 4.39 Å². The van der Waals surface area contributed by atoms with E-state index in [-0.39, 0.29) is 18.1 Å². The first-order valence-corrected chi connectivity index (χ1v) is 5.70. The third-order valence-corrected chi connectivity index (χ3v) is 3.33. The van der Waals surface area contributed by atoms with Crippen LogP contribution in [0.15, 0.2) is 35.7 Å². The summed E-state index contributed by atoms with van der Waals surface area (Å²) in [5.74, 6) is -0.640. The molecule has 0 spiro atoms.